The van der Waals surface area contributed by atoms with E-state index in [2.05, 4.69) is 15.9 Å². The highest BCUT2D eigenvalue weighted by Gasteiger charge is 2.39. The first-order valence-electron chi connectivity index (χ1n) is 12.5. The summed E-state index contributed by atoms with van der Waals surface area (Å²) >= 11 is 0. The Labute approximate surface area is 198 Å². The van der Waals surface area contributed by atoms with Crippen LogP contribution in [0.25, 0.3) is 11.1 Å². The van der Waals surface area contributed by atoms with Gasteiger partial charge < -0.3 is 9.64 Å². The Hall–Kier alpha value is -2.66. The molecule has 0 aromatic heterocycles. The van der Waals surface area contributed by atoms with Gasteiger partial charge in [0.25, 0.3) is 5.91 Å². The van der Waals surface area contributed by atoms with Crippen molar-refractivity contribution < 1.29 is 14.3 Å². The van der Waals surface area contributed by atoms with E-state index in [0.717, 1.165) is 47.8 Å². The molecule has 2 heterocycles. The van der Waals surface area contributed by atoms with Crippen LogP contribution in [0.15, 0.2) is 42.5 Å². The first-order valence-corrected chi connectivity index (χ1v) is 12.5. The Morgan fingerprint density at radius 2 is 1.58 bits per heavy atom. The molecule has 178 valence electrons. The number of esters is 1. The zero-order valence-electron chi connectivity index (χ0n) is 20.8. The van der Waals surface area contributed by atoms with Gasteiger partial charge in [-0.25, -0.2) is 4.79 Å². The van der Waals surface area contributed by atoms with Crippen molar-refractivity contribution in [2.75, 3.05) is 20.2 Å². The second kappa shape index (κ2) is 11.5. The molecule has 33 heavy (non-hydrogen) atoms. The summed E-state index contributed by atoms with van der Waals surface area (Å²) in [6.07, 6.45) is 5.07. The highest BCUT2D eigenvalue weighted by molar-refractivity contribution is 5.99. The van der Waals surface area contributed by atoms with E-state index in [4.69, 9.17) is 4.74 Å². The largest absolute Gasteiger partial charge is 0.465 e. The van der Waals surface area contributed by atoms with Crippen LogP contribution in [-0.4, -0.2) is 54.0 Å². The lowest BCUT2D eigenvalue weighted by atomic mass is 9.92. The summed E-state index contributed by atoms with van der Waals surface area (Å²) in [5, 5.41) is 0. The van der Waals surface area contributed by atoms with E-state index in [0.29, 0.717) is 18.2 Å². The van der Waals surface area contributed by atoms with Crippen LogP contribution in [0.5, 0.6) is 0 Å². The first kappa shape index (κ1) is 25.0. The van der Waals surface area contributed by atoms with E-state index in [1.165, 1.54) is 26.4 Å². The summed E-state index contributed by atoms with van der Waals surface area (Å²) in [5.41, 5.74) is 4.57. The van der Waals surface area contributed by atoms with Crippen molar-refractivity contribution >= 4 is 11.9 Å². The number of hydrogen-bond acceptors (Lipinski definition) is 4. The fourth-order valence-corrected chi connectivity index (χ4v) is 4.84. The van der Waals surface area contributed by atoms with Crippen molar-refractivity contribution in [1.29, 1.82) is 0 Å². The molecule has 0 N–H and O–H groups in total. The van der Waals surface area contributed by atoms with Gasteiger partial charge >= 0.3 is 5.97 Å². The molecule has 0 radical (unpaired) electrons. The van der Waals surface area contributed by atoms with Crippen LogP contribution in [0.1, 0.15) is 79.7 Å². The van der Waals surface area contributed by atoms with E-state index in [1.54, 1.807) is 12.1 Å². The van der Waals surface area contributed by atoms with Crippen LogP contribution in [-0.2, 0) is 11.3 Å². The van der Waals surface area contributed by atoms with Crippen LogP contribution >= 0.6 is 0 Å². The summed E-state index contributed by atoms with van der Waals surface area (Å²) < 4.78 is 4.76. The fraction of sp³-hybridized carbons (Fsp3) is 0.500. The van der Waals surface area contributed by atoms with Gasteiger partial charge in [0.15, 0.2) is 0 Å². The number of benzene rings is 2. The van der Waals surface area contributed by atoms with Crippen LogP contribution in [0.4, 0.5) is 0 Å². The van der Waals surface area contributed by atoms with Crippen LogP contribution < -0.4 is 0 Å². The van der Waals surface area contributed by atoms with Crippen LogP contribution in [0, 0.1) is 0 Å². The predicted molar refractivity (Wildman–Crippen MR) is 133 cm³/mol. The lowest BCUT2D eigenvalue weighted by molar-refractivity contribution is 0.0600. The van der Waals surface area contributed by atoms with Gasteiger partial charge in [-0.05, 0) is 60.2 Å². The van der Waals surface area contributed by atoms with Gasteiger partial charge in [0.1, 0.15) is 0 Å². The second-order valence-corrected chi connectivity index (χ2v) is 8.40. The van der Waals surface area contributed by atoms with E-state index >= 15 is 0 Å². The zero-order valence-corrected chi connectivity index (χ0v) is 20.8. The van der Waals surface area contributed by atoms with Crippen molar-refractivity contribution in [2.24, 2.45) is 0 Å². The topological polar surface area (TPSA) is 49.9 Å². The minimum absolute atomic E-state index is 0.174. The Morgan fingerprint density at radius 1 is 0.909 bits per heavy atom. The molecule has 0 bridgehead atoms. The SMILES string of the molecule is CC.CC.COC(=O)c1ccc(-c2ccc3c(c2)CN(C2CCN(C4CCC4)C2)C3=O)cc1. The van der Waals surface area contributed by atoms with Crippen molar-refractivity contribution in [3.05, 3.63) is 59.2 Å². The minimum atomic E-state index is -0.334. The highest BCUT2D eigenvalue weighted by atomic mass is 16.5. The van der Waals surface area contributed by atoms with Gasteiger partial charge in [-0.1, -0.05) is 52.3 Å². The number of amides is 1. The number of carbonyl (C=O) groups is 2. The van der Waals surface area contributed by atoms with Gasteiger partial charge in [0.2, 0.25) is 0 Å². The number of methoxy groups -OCH3 is 1. The Balaban J connectivity index is 0.000000728. The Kier molecular flexibility index (Phi) is 8.67. The standard InChI is InChI=1S/C24H26N2O3.2C2H6/c1-29-24(28)17-7-5-16(6-8-17)18-9-10-22-19(13-18)14-26(23(22)27)21-11-12-25(15-21)20-3-2-4-20;2*1-2/h5-10,13,20-21H,2-4,11-12,14-15H2,1H3;2*1-2H3. The maximum Gasteiger partial charge on any atom is 0.337 e. The lowest BCUT2D eigenvalue weighted by Crippen LogP contribution is -2.42. The summed E-state index contributed by atoms with van der Waals surface area (Å²) in [7, 11) is 1.38. The molecule has 1 atom stereocenters. The maximum atomic E-state index is 13.0. The highest BCUT2D eigenvalue weighted by Crippen LogP contribution is 2.34. The molecular weight excluding hydrogens is 412 g/mol. The molecule has 1 aliphatic carbocycles. The third-order valence-electron chi connectivity index (χ3n) is 6.80. The monoisotopic (exact) mass is 450 g/mol. The van der Waals surface area contributed by atoms with Crippen molar-refractivity contribution in [1.82, 2.24) is 9.80 Å². The number of fused-ring (bicyclic) bond motifs is 1. The van der Waals surface area contributed by atoms with Crippen molar-refractivity contribution in [3.63, 3.8) is 0 Å². The molecule has 5 rings (SSSR count). The molecule has 2 fully saturated rings. The van der Waals surface area contributed by atoms with E-state index in [1.807, 2.05) is 52.0 Å². The molecule has 3 aliphatic rings. The summed E-state index contributed by atoms with van der Waals surface area (Å²) in [6.45, 7) is 10.8. The van der Waals surface area contributed by atoms with Gasteiger partial charge in [0.05, 0.1) is 12.7 Å². The Bertz CT molecular complexity index is 950. The molecule has 1 saturated heterocycles. The third kappa shape index (κ3) is 5.14. The predicted octanol–water partition coefficient (Wildman–Crippen LogP) is 5.78. The molecule has 1 saturated carbocycles. The molecule has 5 nitrogen and oxygen atoms in total. The zero-order chi connectivity index (χ0) is 24.0. The van der Waals surface area contributed by atoms with E-state index in [9.17, 15) is 9.59 Å². The van der Waals surface area contributed by atoms with E-state index in [-0.39, 0.29) is 11.9 Å². The second-order valence-electron chi connectivity index (χ2n) is 8.40. The van der Waals surface area contributed by atoms with Crippen molar-refractivity contribution in [3.8, 4) is 11.1 Å². The van der Waals surface area contributed by atoms with Gasteiger partial charge in [-0.15, -0.1) is 0 Å². The number of carbonyl (C=O) groups excluding carboxylic acids is 2. The van der Waals surface area contributed by atoms with Crippen LogP contribution in [0.3, 0.4) is 0 Å². The van der Waals surface area contributed by atoms with Crippen molar-refractivity contribution in [2.45, 2.75) is 72.0 Å². The molecule has 0 spiro atoms. The average molecular weight is 451 g/mol. The quantitative estimate of drug-likeness (QED) is 0.555. The molecule has 5 heteroatoms. The molecule has 2 aliphatic heterocycles. The summed E-state index contributed by atoms with van der Waals surface area (Å²) in [4.78, 5) is 29.3. The number of likely N-dealkylation sites (tertiary alicyclic amines) is 1. The van der Waals surface area contributed by atoms with Gasteiger partial charge in [-0.3, -0.25) is 9.69 Å². The normalized spacial score (nSPS) is 19.6. The van der Waals surface area contributed by atoms with Gasteiger partial charge in [0, 0.05) is 37.3 Å². The summed E-state index contributed by atoms with van der Waals surface area (Å²) in [5.74, 6) is -0.160. The number of nitrogens with zero attached hydrogens (tertiary/aromatic N) is 2. The molecule has 1 amide bonds. The van der Waals surface area contributed by atoms with E-state index < -0.39 is 0 Å². The molecule has 2 aromatic rings. The average Bonchev–Trinajstić information content (AvgIpc) is 3.44. The summed E-state index contributed by atoms with van der Waals surface area (Å²) in [6, 6.07) is 14.6. The number of ether oxygens (including phenoxy) is 1. The third-order valence-corrected chi connectivity index (χ3v) is 6.80. The van der Waals surface area contributed by atoms with Gasteiger partial charge in [-0.2, -0.15) is 0 Å². The Morgan fingerprint density at radius 3 is 2.18 bits per heavy atom. The number of rotatable bonds is 4. The molecular formula is C28H38N2O3. The molecule has 1 unspecified atom stereocenters. The van der Waals surface area contributed by atoms with Crippen LogP contribution in [0.2, 0.25) is 0 Å². The fourth-order valence-electron chi connectivity index (χ4n) is 4.84. The lowest BCUT2D eigenvalue weighted by Gasteiger charge is -2.35. The minimum Gasteiger partial charge on any atom is -0.465 e. The maximum absolute atomic E-state index is 13.0. The smallest absolute Gasteiger partial charge is 0.337 e. The first-order chi connectivity index (χ1) is 16.1. The number of hydrogen-bond donors (Lipinski definition) is 0. The molecule has 2 aromatic carbocycles.